The largest absolute Gasteiger partial charge is 0.428 e. The average Bonchev–Trinajstić information content (AvgIpc) is 3.40. The highest BCUT2D eigenvalue weighted by Gasteiger charge is 2.22. The molecule has 1 N–H and O–H groups in total. The highest BCUT2D eigenvalue weighted by atomic mass is 35.5. The monoisotopic (exact) mass is 524 g/mol. The molecular formula is C24H22Cl2N8O2. The molecule has 1 fully saturated rings. The summed E-state index contributed by atoms with van der Waals surface area (Å²) in [6.07, 6.45) is 3.85. The molecule has 12 heteroatoms. The number of hydrogen-bond acceptors (Lipinski definition) is 8. The van der Waals surface area contributed by atoms with Crippen molar-refractivity contribution in [2.24, 2.45) is 0 Å². The molecule has 0 spiro atoms. The SMILES string of the molecule is O=C(NN1CCCCC1)Oc1nc(-c2ccc(Cl)cc2)c(-c2ccc(Cl)cc2)nc1Cn1ncnn1. The van der Waals surface area contributed by atoms with E-state index in [-0.39, 0.29) is 12.4 Å². The van der Waals surface area contributed by atoms with Crippen molar-refractivity contribution in [3.63, 3.8) is 0 Å². The molecule has 5 rings (SSSR count). The summed E-state index contributed by atoms with van der Waals surface area (Å²) in [7, 11) is 0. The predicted octanol–water partition coefficient (Wildman–Crippen LogP) is 4.64. The van der Waals surface area contributed by atoms with Crippen molar-refractivity contribution in [1.82, 2.24) is 40.6 Å². The molecule has 2 aromatic carbocycles. The summed E-state index contributed by atoms with van der Waals surface area (Å²) in [5.41, 5.74) is 5.79. The first-order valence-corrected chi connectivity index (χ1v) is 12.2. The van der Waals surface area contributed by atoms with Gasteiger partial charge < -0.3 is 4.74 Å². The summed E-state index contributed by atoms with van der Waals surface area (Å²) in [4.78, 5) is 23.8. The average molecular weight is 525 g/mol. The van der Waals surface area contributed by atoms with E-state index < -0.39 is 6.09 Å². The minimum Gasteiger partial charge on any atom is -0.388 e. The van der Waals surface area contributed by atoms with Gasteiger partial charge in [0.1, 0.15) is 17.9 Å². The standard InChI is InChI=1S/C24H22Cl2N8O2/c25-18-8-4-16(5-9-18)21-22(17-6-10-19(26)11-7-17)30-23(20(29-21)14-34-28-15-27-32-34)36-24(35)31-33-12-2-1-3-13-33/h4-11,15H,1-3,12-14H2,(H,31,35). The van der Waals surface area contributed by atoms with E-state index in [0.717, 1.165) is 43.5 Å². The molecule has 10 nitrogen and oxygen atoms in total. The van der Waals surface area contributed by atoms with Crippen molar-refractivity contribution in [2.75, 3.05) is 13.1 Å². The predicted molar refractivity (Wildman–Crippen MR) is 134 cm³/mol. The van der Waals surface area contributed by atoms with Crippen LogP contribution in [0.1, 0.15) is 25.0 Å². The number of tetrazole rings is 1. The van der Waals surface area contributed by atoms with Crippen LogP contribution in [0.15, 0.2) is 54.9 Å². The smallest absolute Gasteiger partial charge is 0.388 e. The lowest BCUT2D eigenvalue weighted by Crippen LogP contribution is -2.46. The zero-order chi connectivity index (χ0) is 24.9. The third-order valence-electron chi connectivity index (χ3n) is 5.64. The first-order chi connectivity index (χ1) is 17.5. The van der Waals surface area contributed by atoms with Gasteiger partial charge in [-0.3, -0.25) is 5.43 Å². The Balaban J connectivity index is 1.57. The summed E-state index contributed by atoms with van der Waals surface area (Å²) in [6, 6.07) is 14.5. The van der Waals surface area contributed by atoms with Crippen LogP contribution >= 0.6 is 23.2 Å². The van der Waals surface area contributed by atoms with Crippen LogP contribution in [0, 0.1) is 0 Å². The number of halogens is 2. The van der Waals surface area contributed by atoms with Crippen molar-refractivity contribution < 1.29 is 9.53 Å². The minimum absolute atomic E-state index is 0.0458. The number of benzene rings is 2. The van der Waals surface area contributed by atoms with E-state index in [2.05, 4.69) is 20.8 Å². The Labute approximate surface area is 217 Å². The second-order valence-corrected chi connectivity index (χ2v) is 9.07. The number of aromatic nitrogens is 6. The summed E-state index contributed by atoms with van der Waals surface area (Å²) in [5.74, 6) is 0.0458. The highest BCUT2D eigenvalue weighted by Crippen LogP contribution is 2.33. The van der Waals surface area contributed by atoms with E-state index in [1.54, 1.807) is 24.3 Å². The number of piperidine rings is 1. The number of nitrogens with zero attached hydrogens (tertiary/aromatic N) is 7. The van der Waals surface area contributed by atoms with Crippen molar-refractivity contribution in [2.45, 2.75) is 25.8 Å². The molecule has 0 aliphatic carbocycles. The van der Waals surface area contributed by atoms with Gasteiger partial charge in [-0.15, -0.1) is 10.2 Å². The third kappa shape index (κ3) is 5.78. The van der Waals surface area contributed by atoms with Gasteiger partial charge in [0, 0.05) is 34.3 Å². The van der Waals surface area contributed by atoms with Crippen LogP contribution in [-0.2, 0) is 6.54 Å². The Hall–Kier alpha value is -3.60. The van der Waals surface area contributed by atoms with Gasteiger partial charge in [-0.1, -0.05) is 53.9 Å². The lowest BCUT2D eigenvalue weighted by molar-refractivity contribution is 0.127. The van der Waals surface area contributed by atoms with Gasteiger partial charge in [0.25, 0.3) is 0 Å². The van der Waals surface area contributed by atoms with Crippen molar-refractivity contribution in [3.05, 3.63) is 70.6 Å². The van der Waals surface area contributed by atoms with Crippen molar-refractivity contribution >= 4 is 29.3 Å². The van der Waals surface area contributed by atoms with Gasteiger partial charge in [0.15, 0.2) is 6.33 Å². The second-order valence-electron chi connectivity index (χ2n) is 8.20. The van der Waals surface area contributed by atoms with Gasteiger partial charge in [-0.25, -0.2) is 19.8 Å². The number of hydrogen-bond donors (Lipinski definition) is 1. The van der Waals surface area contributed by atoms with E-state index in [9.17, 15) is 4.79 Å². The molecule has 2 aromatic heterocycles. The van der Waals surface area contributed by atoms with Gasteiger partial charge in [-0.05, 0) is 42.3 Å². The van der Waals surface area contributed by atoms with Gasteiger partial charge in [0.05, 0.1) is 5.69 Å². The highest BCUT2D eigenvalue weighted by molar-refractivity contribution is 6.31. The molecule has 1 amide bonds. The Morgan fingerprint density at radius 1 is 0.889 bits per heavy atom. The molecule has 1 saturated heterocycles. The Morgan fingerprint density at radius 2 is 1.50 bits per heavy atom. The molecular weight excluding hydrogens is 503 g/mol. The summed E-state index contributed by atoms with van der Waals surface area (Å²) in [5, 5.41) is 14.8. The van der Waals surface area contributed by atoms with Crippen LogP contribution in [0.3, 0.4) is 0 Å². The lowest BCUT2D eigenvalue weighted by atomic mass is 10.0. The molecule has 0 unspecified atom stereocenters. The maximum Gasteiger partial charge on any atom is 0.428 e. The first-order valence-electron chi connectivity index (χ1n) is 11.4. The normalized spacial score (nSPS) is 13.9. The second kappa shape index (κ2) is 11.0. The maximum absolute atomic E-state index is 12.8. The van der Waals surface area contributed by atoms with Gasteiger partial charge >= 0.3 is 6.09 Å². The molecule has 0 radical (unpaired) electrons. The van der Waals surface area contributed by atoms with Crippen LogP contribution in [-0.4, -0.2) is 54.4 Å². The van der Waals surface area contributed by atoms with Crippen LogP contribution in [0.4, 0.5) is 4.79 Å². The third-order valence-corrected chi connectivity index (χ3v) is 6.15. The number of amides is 1. The summed E-state index contributed by atoms with van der Waals surface area (Å²) in [6.45, 7) is 1.63. The Morgan fingerprint density at radius 3 is 2.08 bits per heavy atom. The quantitative estimate of drug-likeness (QED) is 0.388. The lowest BCUT2D eigenvalue weighted by Gasteiger charge is -2.26. The fraction of sp³-hybridized carbons (Fsp3) is 0.250. The van der Waals surface area contributed by atoms with Gasteiger partial charge in [-0.2, -0.15) is 4.80 Å². The fourth-order valence-electron chi connectivity index (χ4n) is 3.90. The van der Waals surface area contributed by atoms with E-state index in [1.807, 2.05) is 29.3 Å². The molecule has 0 atom stereocenters. The van der Waals surface area contributed by atoms with E-state index in [1.165, 1.54) is 11.1 Å². The number of hydrazine groups is 1. The molecule has 1 aliphatic rings. The first kappa shape index (κ1) is 24.1. The molecule has 3 heterocycles. The zero-order valence-electron chi connectivity index (χ0n) is 19.1. The molecule has 36 heavy (non-hydrogen) atoms. The van der Waals surface area contributed by atoms with E-state index in [4.69, 9.17) is 37.9 Å². The van der Waals surface area contributed by atoms with E-state index >= 15 is 0 Å². The number of nitrogens with one attached hydrogen (secondary N) is 1. The number of ether oxygens (including phenoxy) is 1. The molecule has 184 valence electrons. The maximum atomic E-state index is 12.8. The molecule has 0 bridgehead atoms. The fourth-order valence-corrected chi connectivity index (χ4v) is 4.15. The van der Waals surface area contributed by atoms with Crippen LogP contribution in [0.5, 0.6) is 5.88 Å². The zero-order valence-corrected chi connectivity index (χ0v) is 20.7. The van der Waals surface area contributed by atoms with Crippen LogP contribution < -0.4 is 10.2 Å². The summed E-state index contributed by atoms with van der Waals surface area (Å²) < 4.78 is 5.69. The van der Waals surface area contributed by atoms with E-state index in [0.29, 0.717) is 27.1 Å². The molecule has 1 aliphatic heterocycles. The Bertz CT molecular complexity index is 1330. The molecule has 0 saturated carbocycles. The van der Waals surface area contributed by atoms with Gasteiger partial charge in [0.2, 0.25) is 5.88 Å². The summed E-state index contributed by atoms with van der Waals surface area (Å²) >= 11 is 12.2. The van der Waals surface area contributed by atoms with Crippen molar-refractivity contribution in [3.8, 4) is 28.4 Å². The van der Waals surface area contributed by atoms with Crippen molar-refractivity contribution in [1.29, 1.82) is 0 Å². The van der Waals surface area contributed by atoms with Crippen LogP contribution in [0.2, 0.25) is 10.0 Å². The molecule has 4 aromatic rings. The topological polar surface area (TPSA) is 111 Å². The number of carbonyl (C=O) groups excluding carboxylic acids is 1. The number of carbonyl (C=O) groups is 1. The van der Waals surface area contributed by atoms with Crippen LogP contribution in [0.25, 0.3) is 22.5 Å². The minimum atomic E-state index is -0.639. The Kier molecular flexibility index (Phi) is 7.36. The number of rotatable bonds is 6.